The van der Waals surface area contributed by atoms with Crippen LogP contribution < -0.4 is 4.74 Å². The van der Waals surface area contributed by atoms with Gasteiger partial charge in [-0.15, -0.1) is 11.6 Å². The molecule has 0 atom stereocenters. The molecule has 3 nitrogen and oxygen atoms in total. The number of hydrogen-bond acceptors (Lipinski definition) is 3. The third kappa shape index (κ3) is 4.53. The number of benzene rings is 1. The van der Waals surface area contributed by atoms with Crippen LogP contribution in [-0.2, 0) is 10.6 Å². The first-order valence-corrected chi connectivity index (χ1v) is 5.50. The molecule has 0 aliphatic rings. The van der Waals surface area contributed by atoms with E-state index in [0.29, 0.717) is 11.6 Å². The van der Waals surface area contributed by atoms with Gasteiger partial charge in [0.2, 0.25) is 0 Å². The normalized spacial score (nSPS) is 11.0. The van der Waals surface area contributed by atoms with E-state index in [2.05, 4.69) is 0 Å². The fraction of sp³-hybridized carbons (Fsp3) is 0.417. The molecule has 0 saturated heterocycles. The highest BCUT2D eigenvalue weighted by Crippen LogP contribution is 2.16. The van der Waals surface area contributed by atoms with E-state index < -0.39 is 11.8 Å². The van der Waals surface area contributed by atoms with E-state index in [1.165, 1.54) is 0 Å². The summed E-state index contributed by atoms with van der Waals surface area (Å²) in [5.74, 6) is 0.885. The average molecular weight is 243 g/mol. The van der Waals surface area contributed by atoms with Crippen molar-refractivity contribution in [1.82, 2.24) is 0 Å². The smallest absolute Gasteiger partial charge is 0.428 e. The summed E-state index contributed by atoms with van der Waals surface area (Å²) in [6.07, 6.45) is -0.703. The van der Waals surface area contributed by atoms with Crippen LogP contribution in [0.1, 0.15) is 26.3 Å². The summed E-state index contributed by atoms with van der Waals surface area (Å²) in [6, 6.07) is 6.96. The van der Waals surface area contributed by atoms with Gasteiger partial charge in [-0.2, -0.15) is 0 Å². The summed E-state index contributed by atoms with van der Waals surface area (Å²) >= 11 is 5.64. The standard InChI is InChI=1S/C12H15ClO3/c1-12(2,3)16-11(14)15-10-6-4-9(8-13)5-7-10/h4-7H,8H2,1-3H3. The molecule has 0 fully saturated rings. The van der Waals surface area contributed by atoms with E-state index in [-0.39, 0.29) is 0 Å². The number of hydrogen-bond donors (Lipinski definition) is 0. The first kappa shape index (κ1) is 12.8. The lowest BCUT2D eigenvalue weighted by molar-refractivity contribution is 0.0206. The lowest BCUT2D eigenvalue weighted by Crippen LogP contribution is -2.25. The van der Waals surface area contributed by atoms with Crippen molar-refractivity contribution in [2.75, 3.05) is 0 Å². The SMILES string of the molecule is CC(C)(C)OC(=O)Oc1ccc(CCl)cc1. The van der Waals surface area contributed by atoms with E-state index in [1.807, 2.05) is 0 Å². The Morgan fingerprint density at radius 3 is 2.25 bits per heavy atom. The monoisotopic (exact) mass is 242 g/mol. The van der Waals surface area contributed by atoms with Crippen molar-refractivity contribution in [3.8, 4) is 5.75 Å². The van der Waals surface area contributed by atoms with Crippen LogP contribution in [-0.4, -0.2) is 11.8 Å². The first-order valence-electron chi connectivity index (χ1n) is 4.96. The van der Waals surface area contributed by atoms with E-state index in [0.717, 1.165) is 5.56 Å². The predicted octanol–water partition coefficient (Wildman–Crippen LogP) is 3.74. The molecule has 1 rings (SSSR count). The molecule has 0 bridgehead atoms. The molecule has 1 aromatic rings. The maximum absolute atomic E-state index is 11.3. The minimum Gasteiger partial charge on any atom is -0.428 e. The molecule has 0 aliphatic carbocycles. The lowest BCUT2D eigenvalue weighted by Gasteiger charge is -2.18. The summed E-state index contributed by atoms with van der Waals surface area (Å²) in [5.41, 5.74) is 0.422. The van der Waals surface area contributed by atoms with Gasteiger partial charge in [0.15, 0.2) is 0 Å². The molecule has 0 unspecified atom stereocenters. The molecular weight excluding hydrogens is 228 g/mol. The van der Waals surface area contributed by atoms with Crippen molar-refractivity contribution in [1.29, 1.82) is 0 Å². The Bertz CT molecular complexity index is 352. The summed E-state index contributed by atoms with van der Waals surface area (Å²) in [7, 11) is 0. The van der Waals surface area contributed by atoms with Crippen LogP contribution in [0.15, 0.2) is 24.3 Å². The van der Waals surface area contributed by atoms with Gasteiger partial charge in [0.25, 0.3) is 0 Å². The zero-order valence-electron chi connectivity index (χ0n) is 9.62. The Morgan fingerprint density at radius 1 is 1.25 bits per heavy atom. The molecule has 0 aromatic heterocycles. The van der Waals surface area contributed by atoms with Gasteiger partial charge in [-0.25, -0.2) is 4.79 Å². The largest absolute Gasteiger partial charge is 0.514 e. The maximum atomic E-state index is 11.3. The van der Waals surface area contributed by atoms with Crippen molar-refractivity contribution >= 4 is 17.8 Å². The highest BCUT2D eigenvalue weighted by atomic mass is 35.5. The quantitative estimate of drug-likeness (QED) is 0.450. The molecular formula is C12H15ClO3. The van der Waals surface area contributed by atoms with E-state index in [4.69, 9.17) is 21.1 Å². The molecule has 0 heterocycles. The number of carbonyl (C=O) groups is 1. The van der Waals surface area contributed by atoms with Crippen molar-refractivity contribution in [3.63, 3.8) is 0 Å². The summed E-state index contributed by atoms with van der Waals surface area (Å²) < 4.78 is 10.00. The van der Waals surface area contributed by atoms with E-state index >= 15 is 0 Å². The van der Waals surface area contributed by atoms with Crippen LogP contribution in [0, 0.1) is 0 Å². The Balaban J connectivity index is 2.56. The molecule has 4 heteroatoms. The first-order chi connectivity index (χ1) is 7.40. The van der Waals surface area contributed by atoms with Crippen LogP contribution >= 0.6 is 11.6 Å². The van der Waals surface area contributed by atoms with Crippen LogP contribution in [0.2, 0.25) is 0 Å². The fourth-order valence-corrected chi connectivity index (χ4v) is 1.19. The van der Waals surface area contributed by atoms with Gasteiger partial charge in [-0.3, -0.25) is 0 Å². The average Bonchev–Trinajstić information content (AvgIpc) is 2.16. The number of carbonyl (C=O) groups excluding carboxylic acids is 1. The van der Waals surface area contributed by atoms with Crippen molar-refractivity contribution < 1.29 is 14.3 Å². The van der Waals surface area contributed by atoms with Crippen molar-refractivity contribution in [2.24, 2.45) is 0 Å². The van der Waals surface area contributed by atoms with Crippen LogP contribution in [0.3, 0.4) is 0 Å². The van der Waals surface area contributed by atoms with Gasteiger partial charge in [0, 0.05) is 5.88 Å². The Morgan fingerprint density at radius 2 is 1.81 bits per heavy atom. The number of alkyl halides is 1. The minimum atomic E-state index is -0.703. The highest BCUT2D eigenvalue weighted by Gasteiger charge is 2.17. The minimum absolute atomic E-state index is 0.437. The molecule has 16 heavy (non-hydrogen) atoms. The molecule has 0 amide bonds. The van der Waals surface area contributed by atoms with E-state index in [1.54, 1.807) is 45.0 Å². The predicted molar refractivity (Wildman–Crippen MR) is 62.9 cm³/mol. The lowest BCUT2D eigenvalue weighted by atomic mass is 10.2. The summed E-state index contributed by atoms with van der Waals surface area (Å²) in [4.78, 5) is 11.3. The van der Waals surface area contributed by atoms with Gasteiger partial charge in [-0.05, 0) is 38.5 Å². The topological polar surface area (TPSA) is 35.5 Å². The Kier molecular flexibility index (Phi) is 4.19. The van der Waals surface area contributed by atoms with Gasteiger partial charge in [0.1, 0.15) is 11.4 Å². The van der Waals surface area contributed by atoms with Gasteiger partial charge in [-0.1, -0.05) is 12.1 Å². The molecule has 0 saturated carbocycles. The van der Waals surface area contributed by atoms with Gasteiger partial charge >= 0.3 is 6.16 Å². The second-order valence-corrected chi connectivity index (χ2v) is 4.61. The van der Waals surface area contributed by atoms with E-state index in [9.17, 15) is 4.79 Å². The van der Waals surface area contributed by atoms with Crippen molar-refractivity contribution in [2.45, 2.75) is 32.3 Å². The van der Waals surface area contributed by atoms with Crippen LogP contribution in [0.5, 0.6) is 5.75 Å². The molecule has 0 spiro atoms. The molecule has 88 valence electrons. The molecule has 1 aromatic carbocycles. The fourth-order valence-electron chi connectivity index (χ4n) is 1.01. The molecule has 0 N–H and O–H groups in total. The zero-order valence-corrected chi connectivity index (χ0v) is 10.4. The zero-order chi connectivity index (χ0) is 12.2. The molecule has 0 aliphatic heterocycles. The second-order valence-electron chi connectivity index (χ2n) is 4.34. The number of rotatable bonds is 2. The second kappa shape index (κ2) is 5.21. The Hall–Kier alpha value is -1.22. The third-order valence-electron chi connectivity index (χ3n) is 1.67. The van der Waals surface area contributed by atoms with Gasteiger partial charge in [0.05, 0.1) is 0 Å². The third-order valence-corrected chi connectivity index (χ3v) is 1.98. The van der Waals surface area contributed by atoms with Crippen molar-refractivity contribution in [3.05, 3.63) is 29.8 Å². The van der Waals surface area contributed by atoms with Crippen LogP contribution in [0.4, 0.5) is 4.79 Å². The number of ether oxygens (including phenoxy) is 2. The Labute approximate surface area is 100 Å². The van der Waals surface area contributed by atoms with Gasteiger partial charge < -0.3 is 9.47 Å². The highest BCUT2D eigenvalue weighted by molar-refractivity contribution is 6.17. The summed E-state index contributed by atoms with van der Waals surface area (Å²) in [6.45, 7) is 5.35. The van der Waals surface area contributed by atoms with Crippen LogP contribution in [0.25, 0.3) is 0 Å². The number of halogens is 1. The molecule has 0 radical (unpaired) electrons. The maximum Gasteiger partial charge on any atom is 0.514 e. The summed E-state index contributed by atoms with van der Waals surface area (Å²) in [5, 5.41) is 0.